The molecule has 1 saturated heterocycles. The standard InChI is InChI=1S/C7H11F3O2/c8-7(9,10)6(11)5-1-3-12-4-2-5/h5-6,11H,1-4H2/t6-/m1/s1. The fraction of sp³-hybridized carbons (Fsp3) is 1.00. The van der Waals surface area contributed by atoms with Crippen LogP contribution in [0.3, 0.4) is 0 Å². The molecule has 0 aromatic carbocycles. The van der Waals surface area contributed by atoms with Crippen LogP contribution in [0, 0.1) is 5.92 Å². The molecule has 1 N–H and O–H groups in total. The van der Waals surface area contributed by atoms with E-state index in [9.17, 15) is 13.2 Å². The molecular formula is C7H11F3O2. The quantitative estimate of drug-likeness (QED) is 0.666. The predicted octanol–water partition coefficient (Wildman–Crippen LogP) is 1.34. The average Bonchev–Trinajstić information content (AvgIpc) is 2.03. The van der Waals surface area contributed by atoms with Crippen molar-refractivity contribution in [2.45, 2.75) is 25.1 Å². The summed E-state index contributed by atoms with van der Waals surface area (Å²) in [4.78, 5) is 0. The highest BCUT2D eigenvalue weighted by Gasteiger charge is 2.43. The number of halogens is 3. The third-order valence-electron chi connectivity index (χ3n) is 2.05. The highest BCUT2D eigenvalue weighted by Crippen LogP contribution is 2.30. The van der Waals surface area contributed by atoms with E-state index >= 15 is 0 Å². The van der Waals surface area contributed by atoms with Gasteiger partial charge in [-0.15, -0.1) is 0 Å². The monoisotopic (exact) mass is 184 g/mol. The van der Waals surface area contributed by atoms with E-state index in [0.717, 1.165) is 0 Å². The maximum absolute atomic E-state index is 11.9. The maximum Gasteiger partial charge on any atom is 0.414 e. The second-order valence-corrected chi connectivity index (χ2v) is 2.94. The van der Waals surface area contributed by atoms with Crippen molar-refractivity contribution in [2.24, 2.45) is 5.92 Å². The summed E-state index contributed by atoms with van der Waals surface area (Å²) in [7, 11) is 0. The van der Waals surface area contributed by atoms with Gasteiger partial charge in [0.25, 0.3) is 0 Å². The SMILES string of the molecule is O[C@H](C1CCOCC1)C(F)(F)F. The van der Waals surface area contributed by atoms with Crippen LogP contribution in [0.5, 0.6) is 0 Å². The molecule has 1 atom stereocenters. The van der Waals surface area contributed by atoms with Crippen LogP contribution in [-0.4, -0.2) is 30.6 Å². The highest BCUT2D eigenvalue weighted by molar-refractivity contribution is 4.77. The molecule has 0 aromatic rings. The zero-order valence-electron chi connectivity index (χ0n) is 6.47. The normalized spacial score (nSPS) is 24.0. The lowest BCUT2D eigenvalue weighted by atomic mass is 9.94. The molecular weight excluding hydrogens is 173 g/mol. The second-order valence-electron chi connectivity index (χ2n) is 2.94. The minimum absolute atomic E-state index is 0.292. The molecule has 1 heterocycles. The Hall–Kier alpha value is -0.290. The van der Waals surface area contributed by atoms with E-state index < -0.39 is 18.2 Å². The Labute approximate surface area is 68.3 Å². The van der Waals surface area contributed by atoms with Gasteiger partial charge < -0.3 is 9.84 Å². The Morgan fingerprint density at radius 1 is 1.25 bits per heavy atom. The van der Waals surface area contributed by atoms with Crippen molar-refractivity contribution < 1.29 is 23.0 Å². The van der Waals surface area contributed by atoms with Crippen LogP contribution >= 0.6 is 0 Å². The number of rotatable bonds is 1. The van der Waals surface area contributed by atoms with Gasteiger partial charge in [0.2, 0.25) is 0 Å². The third kappa shape index (κ3) is 2.35. The molecule has 0 saturated carbocycles. The maximum atomic E-state index is 11.9. The summed E-state index contributed by atoms with van der Waals surface area (Å²) in [5.74, 6) is -0.682. The van der Waals surface area contributed by atoms with E-state index in [-0.39, 0.29) is 0 Å². The number of hydrogen-bond donors (Lipinski definition) is 1. The van der Waals surface area contributed by atoms with Crippen LogP contribution < -0.4 is 0 Å². The summed E-state index contributed by atoms with van der Waals surface area (Å²) in [5.41, 5.74) is 0. The Bertz CT molecular complexity index is 140. The van der Waals surface area contributed by atoms with Gasteiger partial charge in [0.1, 0.15) is 0 Å². The van der Waals surface area contributed by atoms with Crippen LogP contribution in [0.1, 0.15) is 12.8 Å². The van der Waals surface area contributed by atoms with Crippen molar-refractivity contribution >= 4 is 0 Å². The van der Waals surface area contributed by atoms with E-state index in [0.29, 0.717) is 26.1 Å². The first-order valence-electron chi connectivity index (χ1n) is 3.84. The van der Waals surface area contributed by atoms with Gasteiger partial charge in [-0.05, 0) is 18.8 Å². The molecule has 1 rings (SSSR count). The van der Waals surface area contributed by atoms with E-state index in [2.05, 4.69) is 0 Å². The summed E-state index contributed by atoms with van der Waals surface area (Å²) in [5, 5.41) is 8.83. The van der Waals surface area contributed by atoms with Crippen LogP contribution in [0.2, 0.25) is 0 Å². The van der Waals surface area contributed by atoms with E-state index in [1.54, 1.807) is 0 Å². The molecule has 0 radical (unpaired) electrons. The van der Waals surface area contributed by atoms with E-state index in [4.69, 9.17) is 9.84 Å². The van der Waals surface area contributed by atoms with Crippen molar-refractivity contribution in [1.29, 1.82) is 0 Å². The summed E-state index contributed by atoms with van der Waals surface area (Å²) >= 11 is 0. The molecule has 0 aromatic heterocycles. The van der Waals surface area contributed by atoms with Crippen molar-refractivity contribution in [1.82, 2.24) is 0 Å². The molecule has 1 aliphatic rings. The van der Waals surface area contributed by atoms with Crippen LogP contribution in [0.15, 0.2) is 0 Å². The molecule has 0 aliphatic carbocycles. The molecule has 5 heteroatoms. The van der Waals surface area contributed by atoms with Crippen molar-refractivity contribution in [3.63, 3.8) is 0 Å². The minimum atomic E-state index is -4.48. The van der Waals surface area contributed by atoms with Crippen LogP contribution in [0.4, 0.5) is 13.2 Å². The van der Waals surface area contributed by atoms with Crippen LogP contribution in [-0.2, 0) is 4.74 Å². The van der Waals surface area contributed by atoms with Gasteiger partial charge in [0.15, 0.2) is 6.10 Å². The van der Waals surface area contributed by atoms with Gasteiger partial charge in [-0.25, -0.2) is 0 Å². The summed E-state index contributed by atoms with van der Waals surface area (Å²) in [6.45, 7) is 0.635. The average molecular weight is 184 g/mol. The van der Waals surface area contributed by atoms with Crippen LogP contribution in [0.25, 0.3) is 0 Å². The lowest BCUT2D eigenvalue weighted by Crippen LogP contribution is -2.38. The molecule has 0 amide bonds. The smallest absolute Gasteiger partial charge is 0.383 e. The van der Waals surface area contributed by atoms with Gasteiger partial charge in [-0.1, -0.05) is 0 Å². The Morgan fingerprint density at radius 2 is 1.75 bits per heavy atom. The first kappa shape index (κ1) is 9.80. The van der Waals surface area contributed by atoms with E-state index in [1.807, 2.05) is 0 Å². The number of alkyl halides is 3. The number of hydrogen-bond acceptors (Lipinski definition) is 2. The molecule has 12 heavy (non-hydrogen) atoms. The zero-order valence-corrected chi connectivity index (χ0v) is 6.47. The first-order chi connectivity index (χ1) is 5.52. The topological polar surface area (TPSA) is 29.5 Å². The summed E-state index contributed by atoms with van der Waals surface area (Å²) in [6, 6.07) is 0. The molecule has 0 spiro atoms. The molecule has 0 bridgehead atoms. The van der Waals surface area contributed by atoms with Crippen molar-refractivity contribution in [2.75, 3.05) is 13.2 Å². The number of aliphatic hydroxyl groups is 1. The van der Waals surface area contributed by atoms with Gasteiger partial charge in [0, 0.05) is 13.2 Å². The third-order valence-corrected chi connectivity index (χ3v) is 2.05. The number of ether oxygens (including phenoxy) is 1. The molecule has 1 fully saturated rings. The van der Waals surface area contributed by atoms with E-state index in [1.165, 1.54) is 0 Å². The van der Waals surface area contributed by atoms with Gasteiger partial charge in [-0.3, -0.25) is 0 Å². The molecule has 2 nitrogen and oxygen atoms in total. The molecule has 1 aliphatic heterocycles. The Kier molecular flexibility index (Phi) is 2.95. The lowest BCUT2D eigenvalue weighted by Gasteiger charge is -2.27. The van der Waals surface area contributed by atoms with Gasteiger partial charge in [-0.2, -0.15) is 13.2 Å². The Balaban J connectivity index is 2.45. The minimum Gasteiger partial charge on any atom is -0.383 e. The Morgan fingerprint density at radius 3 is 2.17 bits per heavy atom. The molecule has 0 unspecified atom stereocenters. The highest BCUT2D eigenvalue weighted by atomic mass is 19.4. The second kappa shape index (κ2) is 3.62. The first-order valence-corrected chi connectivity index (χ1v) is 3.84. The van der Waals surface area contributed by atoms with Crippen molar-refractivity contribution in [3.8, 4) is 0 Å². The summed E-state index contributed by atoms with van der Waals surface area (Å²) in [6.07, 6.45) is -6.08. The lowest BCUT2D eigenvalue weighted by molar-refractivity contribution is -0.225. The van der Waals surface area contributed by atoms with Gasteiger partial charge >= 0.3 is 6.18 Å². The van der Waals surface area contributed by atoms with Gasteiger partial charge in [0.05, 0.1) is 0 Å². The fourth-order valence-corrected chi connectivity index (χ4v) is 1.30. The molecule has 72 valence electrons. The summed E-state index contributed by atoms with van der Waals surface area (Å²) < 4.78 is 40.7. The largest absolute Gasteiger partial charge is 0.414 e. The fourth-order valence-electron chi connectivity index (χ4n) is 1.30. The zero-order chi connectivity index (χ0) is 9.19. The number of aliphatic hydroxyl groups excluding tert-OH is 1. The van der Waals surface area contributed by atoms with Crippen molar-refractivity contribution in [3.05, 3.63) is 0 Å². The predicted molar refractivity (Wildman–Crippen MR) is 35.6 cm³/mol.